The maximum Gasteiger partial charge on any atom is 0.338 e. The van der Waals surface area contributed by atoms with Crippen LogP contribution >= 0.6 is 11.8 Å². The van der Waals surface area contributed by atoms with Crippen LogP contribution in [0.15, 0.2) is 51.6 Å². The van der Waals surface area contributed by atoms with Crippen molar-refractivity contribution >= 4 is 28.8 Å². The van der Waals surface area contributed by atoms with Crippen LogP contribution < -0.4 is 10.1 Å². The molecule has 1 atom stereocenters. The lowest BCUT2D eigenvalue weighted by atomic mass is 9.93. The van der Waals surface area contributed by atoms with Gasteiger partial charge in [-0.15, -0.1) is 0 Å². The lowest BCUT2D eigenvalue weighted by Crippen LogP contribution is -2.38. The van der Waals surface area contributed by atoms with Crippen molar-refractivity contribution in [3.05, 3.63) is 52.2 Å². The number of para-hydroxylation sites is 1. The molecule has 2 aliphatic heterocycles. The molecular weight excluding hydrogens is 414 g/mol. The number of benzene rings is 1. The molecule has 2 aliphatic rings. The number of ether oxygens (including phenoxy) is 2. The van der Waals surface area contributed by atoms with Gasteiger partial charge >= 0.3 is 5.97 Å². The molecule has 31 heavy (non-hydrogen) atoms. The summed E-state index contributed by atoms with van der Waals surface area (Å²) in [5.41, 5.74) is 2.66. The van der Waals surface area contributed by atoms with E-state index in [0.29, 0.717) is 29.5 Å². The Labute approximate surface area is 187 Å². The number of hydrogen-bond acceptors (Lipinski definition) is 7. The van der Waals surface area contributed by atoms with E-state index in [1.165, 1.54) is 11.8 Å². The Kier molecular flexibility index (Phi) is 7.43. The first-order valence-electron chi connectivity index (χ1n) is 10.4. The van der Waals surface area contributed by atoms with Crippen LogP contribution in [0.5, 0.6) is 5.75 Å². The van der Waals surface area contributed by atoms with Gasteiger partial charge in [-0.1, -0.05) is 43.8 Å². The van der Waals surface area contributed by atoms with Gasteiger partial charge in [0.05, 0.1) is 37.4 Å². The molecule has 7 nitrogen and oxygen atoms in total. The number of carbonyl (C=O) groups excluding carboxylic acids is 2. The van der Waals surface area contributed by atoms with Crippen LogP contribution in [0.25, 0.3) is 0 Å². The third kappa shape index (κ3) is 4.95. The third-order valence-corrected chi connectivity index (χ3v) is 5.87. The van der Waals surface area contributed by atoms with Crippen LogP contribution in [0.4, 0.5) is 0 Å². The molecule has 0 aromatic heterocycles. The summed E-state index contributed by atoms with van der Waals surface area (Å²) in [7, 11) is 1.60. The molecule has 8 heteroatoms. The van der Waals surface area contributed by atoms with Gasteiger partial charge in [0.1, 0.15) is 5.75 Å². The Bertz CT molecular complexity index is 952. The number of thioether (sulfide) groups is 1. The topological polar surface area (TPSA) is 80.2 Å². The fourth-order valence-corrected chi connectivity index (χ4v) is 4.54. The number of rotatable bonds is 8. The molecule has 0 aliphatic carbocycles. The minimum absolute atomic E-state index is 0.0652. The maximum absolute atomic E-state index is 13.0. The molecule has 0 saturated carbocycles. The van der Waals surface area contributed by atoms with E-state index in [1.54, 1.807) is 14.0 Å². The molecule has 1 amide bonds. The molecule has 1 aromatic rings. The minimum Gasteiger partial charge on any atom is -0.496 e. The highest BCUT2D eigenvalue weighted by Gasteiger charge is 2.42. The molecular formula is C23H29N3O4S. The number of fused-ring (bicyclic) bond motifs is 1. The molecule has 0 spiro atoms. The van der Waals surface area contributed by atoms with E-state index >= 15 is 0 Å². The summed E-state index contributed by atoms with van der Waals surface area (Å²) in [4.78, 5) is 32.1. The van der Waals surface area contributed by atoms with E-state index in [-0.39, 0.29) is 18.9 Å². The number of hydrogen-bond donors (Lipinski definition) is 1. The van der Waals surface area contributed by atoms with Gasteiger partial charge in [-0.05, 0) is 31.2 Å². The number of carbonyl (C=O) groups is 2. The lowest BCUT2D eigenvalue weighted by Gasteiger charge is -2.36. The maximum atomic E-state index is 13.0. The SMILES string of the molecule is CCOC(=O)C1=C(C)N=C2SC=C(CC(=O)NCC(C)C)N2C1c1ccccc1OC. The van der Waals surface area contributed by atoms with Gasteiger partial charge in [0.2, 0.25) is 5.91 Å². The Morgan fingerprint density at radius 2 is 2.03 bits per heavy atom. The first-order chi connectivity index (χ1) is 14.9. The van der Waals surface area contributed by atoms with Crippen molar-refractivity contribution in [3.63, 3.8) is 0 Å². The number of aliphatic imine (C=N–C) groups is 1. The highest BCUT2D eigenvalue weighted by atomic mass is 32.2. The van der Waals surface area contributed by atoms with E-state index in [4.69, 9.17) is 9.47 Å². The summed E-state index contributed by atoms with van der Waals surface area (Å²) in [6.45, 7) is 8.57. The van der Waals surface area contributed by atoms with E-state index < -0.39 is 12.0 Å². The van der Waals surface area contributed by atoms with Crippen molar-refractivity contribution < 1.29 is 19.1 Å². The van der Waals surface area contributed by atoms with Crippen LogP contribution in [0.1, 0.15) is 45.7 Å². The van der Waals surface area contributed by atoms with Gasteiger partial charge < -0.3 is 19.7 Å². The second-order valence-corrected chi connectivity index (χ2v) is 8.57. The molecule has 166 valence electrons. The molecule has 0 saturated heterocycles. The Balaban J connectivity index is 2.02. The third-order valence-electron chi connectivity index (χ3n) is 4.98. The monoisotopic (exact) mass is 443 g/mol. The molecule has 1 aromatic carbocycles. The van der Waals surface area contributed by atoms with E-state index in [9.17, 15) is 9.59 Å². The summed E-state index contributed by atoms with van der Waals surface area (Å²) in [5, 5.41) is 5.62. The fraction of sp³-hybridized carbons (Fsp3) is 0.435. The van der Waals surface area contributed by atoms with Crippen molar-refractivity contribution in [2.45, 2.75) is 40.2 Å². The van der Waals surface area contributed by atoms with Gasteiger partial charge in [-0.2, -0.15) is 0 Å². The average molecular weight is 444 g/mol. The summed E-state index contributed by atoms with van der Waals surface area (Å²) in [6, 6.07) is 7.08. The summed E-state index contributed by atoms with van der Waals surface area (Å²) in [6.07, 6.45) is 0.194. The van der Waals surface area contributed by atoms with Crippen LogP contribution in [0, 0.1) is 5.92 Å². The van der Waals surface area contributed by atoms with Gasteiger partial charge in [-0.3, -0.25) is 4.79 Å². The summed E-state index contributed by atoms with van der Waals surface area (Å²) in [5.74, 6) is 0.540. The van der Waals surface area contributed by atoms with Crippen molar-refractivity contribution in [2.24, 2.45) is 10.9 Å². The van der Waals surface area contributed by atoms with Crippen molar-refractivity contribution in [1.29, 1.82) is 0 Å². The number of nitrogens with zero attached hydrogens (tertiary/aromatic N) is 2. The van der Waals surface area contributed by atoms with E-state index in [2.05, 4.69) is 24.2 Å². The van der Waals surface area contributed by atoms with Crippen LogP contribution in [0.2, 0.25) is 0 Å². The summed E-state index contributed by atoms with van der Waals surface area (Å²) >= 11 is 1.45. The fourth-order valence-electron chi connectivity index (χ4n) is 3.57. The number of methoxy groups -OCH3 is 1. The van der Waals surface area contributed by atoms with Gasteiger partial charge in [0.25, 0.3) is 0 Å². The van der Waals surface area contributed by atoms with E-state index in [1.807, 2.05) is 41.5 Å². The predicted molar refractivity (Wildman–Crippen MR) is 122 cm³/mol. The zero-order valence-corrected chi connectivity index (χ0v) is 19.4. The van der Waals surface area contributed by atoms with Crippen LogP contribution in [-0.2, 0) is 14.3 Å². The number of allylic oxidation sites excluding steroid dienone is 1. The molecule has 1 unspecified atom stereocenters. The van der Waals surface area contributed by atoms with Gasteiger partial charge in [0, 0.05) is 17.8 Å². The van der Waals surface area contributed by atoms with Crippen molar-refractivity contribution in [1.82, 2.24) is 10.2 Å². The lowest BCUT2D eigenvalue weighted by molar-refractivity contribution is -0.139. The van der Waals surface area contributed by atoms with E-state index in [0.717, 1.165) is 16.4 Å². The molecule has 0 radical (unpaired) electrons. The normalized spacial score (nSPS) is 17.9. The van der Waals surface area contributed by atoms with Gasteiger partial charge in [0.15, 0.2) is 5.17 Å². The highest BCUT2D eigenvalue weighted by Crippen LogP contribution is 2.46. The molecule has 1 N–H and O–H groups in total. The first kappa shape index (κ1) is 22.9. The predicted octanol–water partition coefficient (Wildman–Crippen LogP) is 4.00. The molecule has 0 fully saturated rings. The zero-order chi connectivity index (χ0) is 22.5. The number of amidine groups is 1. The van der Waals surface area contributed by atoms with Crippen molar-refractivity contribution in [2.75, 3.05) is 20.3 Å². The second kappa shape index (κ2) is 10.0. The van der Waals surface area contributed by atoms with Crippen LogP contribution in [0.3, 0.4) is 0 Å². The highest BCUT2D eigenvalue weighted by molar-refractivity contribution is 8.16. The standard InChI is InChI=1S/C23H29N3O4S/c1-6-30-22(28)20-15(4)25-23-26(21(20)17-9-7-8-10-18(17)29-5)16(13-31-23)11-19(27)24-12-14(2)3/h7-10,13-14,21H,6,11-12H2,1-5H3,(H,24,27). The minimum atomic E-state index is -0.498. The van der Waals surface area contributed by atoms with Crippen molar-refractivity contribution in [3.8, 4) is 5.75 Å². The molecule has 3 rings (SSSR count). The number of esters is 1. The zero-order valence-electron chi connectivity index (χ0n) is 18.6. The smallest absolute Gasteiger partial charge is 0.338 e. The Morgan fingerprint density at radius 3 is 2.71 bits per heavy atom. The molecule has 2 heterocycles. The Hall–Kier alpha value is -2.74. The molecule has 0 bridgehead atoms. The quantitative estimate of drug-likeness (QED) is 0.612. The number of nitrogens with one attached hydrogen (secondary N) is 1. The second-order valence-electron chi connectivity index (χ2n) is 7.73. The Morgan fingerprint density at radius 1 is 1.29 bits per heavy atom. The summed E-state index contributed by atoms with van der Waals surface area (Å²) < 4.78 is 11.0. The first-order valence-corrected chi connectivity index (χ1v) is 11.3. The van der Waals surface area contributed by atoms with Gasteiger partial charge in [-0.25, -0.2) is 9.79 Å². The number of amides is 1. The average Bonchev–Trinajstić information content (AvgIpc) is 3.13. The largest absolute Gasteiger partial charge is 0.496 e. The van der Waals surface area contributed by atoms with Crippen LogP contribution in [-0.4, -0.2) is 42.2 Å².